The van der Waals surface area contributed by atoms with Crippen molar-refractivity contribution < 1.29 is 10.3 Å². The van der Waals surface area contributed by atoms with Gasteiger partial charge in [-0.1, -0.05) is 55.1 Å². The van der Waals surface area contributed by atoms with Crippen molar-refractivity contribution in [2.75, 3.05) is 6.54 Å². The van der Waals surface area contributed by atoms with Gasteiger partial charge in [-0.05, 0) is 18.4 Å². The van der Waals surface area contributed by atoms with Crippen LogP contribution in [0.4, 0.5) is 0 Å². The maximum Gasteiger partial charge on any atom is 0.170 e. The highest BCUT2D eigenvalue weighted by atomic mass is 16.4. The first-order chi connectivity index (χ1) is 10.1. The predicted octanol–water partition coefficient (Wildman–Crippen LogP) is 1.96. The predicted molar refractivity (Wildman–Crippen MR) is 83.3 cm³/mol. The molecule has 5 N–H and O–H groups in total. The Morgan fingerprint density at radius 1 is 1.19 bits per heavy atom. The Bertz CT molecular complexity index is 480. The molecule has 1 aromatic carbocycles. The lowest BCUT2D eigenvalue weighted by Crippen LogP contribution is -2.40. The molecule has 0 amide bonds. The standard InChI is InChI=1S/C16H25N3O2/c17-15(19-21)14-8-4-3-7-13(14)11-18-12-16(20)9-5-1-2-6-10-16/h3-4,7-8,18,20-21H,1-2,5-6,9-12H2,(H2,17,19). The second-order valence-electron chi connectivity index (χ2n) is 5.88. The molecule has 5 heteroatoms. The van der Waals surface area contributed by atoms with E-state index >= 15 is 0 Å². The molecule has 0 radical (unpaired) electrons. The van der Waals surface area contributed by atoms with Crippen LogP contribution in [0.5, 0.6) is 0 Å². The molecule has 0 aliphatic heterocycles. The van der Waals surface area contributed by atoms with E-state index in [9.17, 15) is 5.11 Å². The van der Waals surface area contributed by atoms with Crippen LogP contribution in [-0.2, 0) is 6.54 Å². The molecule has 1 fully saturated rings. The molecule has 1 aliphatic rings. The molecule has 0 unspecified atom stereocenters. The maximum atomic E-state index is 10.6. The molecule has 0 aromatic heterocycles. The van der Waals surface area contributed by atoms with Crippen LogP contribution in [0.2, 0.25) is 0 Å². The Morgan fingerprint density at radius 2 is 1.86 bits per heavy atom. The zero-order valence-electron chi connectivity index (χ0n) is 12.4. The molecular weight excluding hydrogens is 266 g/mol. The van der Waals surface area contributed by atoms with E-state index in [2.05, 4.69) is 10.5 Å². The lowest BCUT2D eigenvalue weighted by molar-refractivity contribution is 0.0250. The summed E-state index contributed by atoms with van der Waals surface area (Å²) in [6.45, 7) is 1.17. The molecule has 116 valence electrons. The maximum absolute atomic E-state index is 10.6. The highest BCUT2D eigenvalue weighted by Gasteiger charge is 2.27. The minimum Gasteiger partial charge on any atom is -0.409 e. The smallest absolute Gasteiger partial charge is 0.170 e. The van der Waals surface area contributed by atoms with Gasteiger partial charge in [0.25, 0.3) is 0 Å². The fourth-order valence-electron chi connectivity index (χ4n) is 2.97. The van der Waals surface area contributed by atoms with Gasteiger partial charge in [0, 0.05) is 18.7 Å². The molecule has 1 saturated carbocycles. The zero-order valence-corrected chi connectivity index (χ0v) is 12.4. The third kappa shape index (κ3) is 4.44. The summed E-state index contributed by atoms with van der Waals surface area (Å²) in [5.41, 5.74) is 6.77. The summed E-state index contributed by atoms with van der Waals surface area (Å²) in [6, 6.07) is 7.55. The van der Waals surface area contributed by atoms with Gasteiger partial charge in [-0.15, -0.1) is 0 Å². The second kappa shape index (κ2) is 7.43. The Labute approximate surface area is 125 Å². The molecule has 5 nitrogen and oxygen atoms in total. The number of hydrogen-bond acceptors (Lipinski definition) is 4. The molecule has 0 spiro atoms. The summed E-state index contributed by atoms with van der Waals surface area (Å²) in [5.74, 6) is 0.112. The topological polar surface area (TPSA) is 90.9 Å². The summed E-state index contributed by atoms with van der Waals surface area (Å²) in [7, 11) is 0. The van der Waals surface area contributed by atoms with Crippen LogP contribution >= 0.6 is 0 Å². The highest BCUT2D eigenvalue weighted by Crippen LogP contribution is 2.26. The van der Waals surface area contributed by atoms with E-state index in [0.29, 0.717) is 13.1 Å². The van der Waals surface area contributed by atoms with Crippen LogP contribution in [-0.4, -0.2) is 28.3 Å². The number of benzene rings is 1. The molecule has 1 aliphatic carbocycles. The number of rotatable bonds is 5. The van der Waals surface area contributed by atoms with Gasteiger partial charge in [0.05, 0.1) is 5.60 Å². The first kappa shape index (κ1) is 15.8. The Balaban J connectivity index is 1.94. The second-order valence-corrected chi connectivity index (χ2v) is 5.88. The monoisotopic (exact) mass is 291 g/mol. The van der Waals surface area contributed by atoms with Gasteiger partial charge in [-0.25, -0.2) is 0 Å². The van der Waals surface area contributed by atoms with Crippen LogP contribution in [0, 0.1) is 0 Å². The number of nitrogens with zero attached hydrogens (tertiary/aromatic N) is 1. The third-order valence-electron chi connectivity index (χ3n) is 4.20. The van der Waals surface area contributed by atoms with E-state index < -0.39 is 5.60 Å². The molecule has 1 aromatic rings. The number of aliphatic hydroxyl groups is 1. The van der Waals surface area contributed by atoms with E-state index in [1.807, 2.05) is 24.3 Å². The van der Waals surface area contributed by atoms with Crippen molar-refractivity contribution in [2.45, 2.75) is 50.7 Å². The van der Waals surface area contributed by atoms with Crippen LogP contribution < -0.4 is 11.1 Å². The van der Waals surface area contributed by atoms with Crippen molar-refractivity contribution in [1.82, 2.24) is 5.32 Å². The van der Waals surface area contributed by atoms with E-state index in [1.54, 1.807) is 0 Å². The fraction of sp³-hybridized carbons (Fsp3) is 0.562. The van der Waals surface area contributed by atoms with Crippen molar-refractivity contribution >= 4 is 5.84 Å². The van der Waals surface area contributed by atoms with Gasteiger partial charge >= 0.3 is 0 Å². The summed E-state index contributed by atoms with van der Waals surface area (Å²) in [4.78, 5) is 0. The molecule has 0 bridgehead atoms. The average Bonchev–Trinajstić information content (AvgIpc) is 2.72. The van der Waals surface area contributed by atoms with Crippen molar-refractivity contribution in [2.24, 2.45) is 10.9 Å². The third-order valence-corrected chi connectivity index (χ3v) is 4.20. The minimum absolute atomic E-state index is 0.112. The normalized spacial score (nSPS) is 19.2. The Morgan fingerprint density at radius 3 is 2.52 bits per heavy atom. The first-order valence-electron chi connectivity index (χ1n) is 7.63. The van der Waals surface area contributed by atoms with Crippen molar-refractivity contribution in [1.29, 1.82) is 0 Å². The van der Waals surface area contributed by atoms with Crippen LogP contribution in [0.3, 0.4) is 0 Å². The van der Waals surface area contributed by atoms with Gasteiger partial charge in [-0.3, -0.25) is 0 Å². The highest BCUT2D eigenvalue weighted by molar-refractivity contribution is 5.98. The first-order valence-corrected chi connectivity index (χ1v) is 7.63. The molecule has 2 rings (SSSR count). The Hall–Kier alpha value is -1.59. The van der Waals surface area contributed by atoms with Gasteiger partial charge < -0.3 is 21.4 Å². The van der Waals surface area contributed by atoms with Crippen molar-refractivity contribution in [3.63, 3.8) is 0 Å². The van der Waals surface area contributed by atoms with Gasteiger partial charge in [-0.2, -0.15) is 0 Å². The molecule has 0 atom stereocenters. The molecular formula is C16H25N3O2. The van der Waals surface area contributed by atoms with Crippen LogP contribution in [0.15, 0.2) is 29.4 Å². The molecule has 0 heterocycles. The summed E-state index contributed by atoms with van der Waals surface area (Å²) in [6.07, 6.45) is 6.35. The van der Waals surface area contributed by atoms with E-state index in [0.717, 1.165) is 36.8 Å². The van der Waals surface area contributed by atoms with Crippen molar-refractivity contribution in [3.8, 4) is 0 Å². The van der Waals surface area contributed by atoms with Crippen LogP contribution in [0.25, 0.3) is 0 Å². The summed E-state index contributed by atoms with van der Waals surface area (Å²) < 4.78 is 0. The summed E-state index contributed by atoms with van der Waals surface area (Å²) in [5, 5.41) is 25.8. The molecule has 0 saturated heterocycles. The quantitative estimate of drug-likeness (QED) is 0.219. The van der Waals surface area contributed by atoms with Gasteiger partial charge in [0.2, 0.25) is 0 Å². The average molecular weight is 291 g/mol. The Kier molecular flexibility index (Phi) is 5.59. The van der Waals surface area contributed by atoms with Crippen molar-refractivity contribution in [3.05, 3.63) is 35.4 Å². The number of amidine groups is 1. The fourth-order valence-corrected chi connectivity index (χ4v) is 2.97. The largest absolute Gasteiger partial charge is 0.409 e. The lowest BCUT2D eigenvalue weighted by Gasteiger charge is -2.27. The number of nitrogens with one attached hydrogen (secondary N) is 1. The lowest BCUT2D eigenvalue weighted by atomic mass is 9.94. The number of oxime groups is 1. The minimum atomic E-state index is -0.595. The van der Waals surface area contributed by atoms with E-state index in [-0.39, 0.29) is 5.84 Å². The van der Waals surface area contributed by atoms with Gasteiger partial charge in [0.15, 0.2) is 5.84 Å². The summed E-state index contributed by atoms with van der Waals surface area (Å²) >= 11 is 0. The SMILES string of the molecule is NC(=NO)c1ccccc1CNCC1(O)CCCCCC1. The van der Waals surface area contributed by atoms with Crippen LogP contribution in [0.1, 0.15) is 49.7 Å². The number of nitrogens with two attached hydrogens (primary N) is 1. The number of hydrogen-bond donors (Lipinski definition) is 4. The zero-order chi connectivity index (χ0) is 15.1. The van der Waals surface area contributed by atoms with E-state index in [4.69, 9.17) is 10.9 Å². The molecule has 21 heavy (non-hydrogen) atoms. The van der Waals surface area contributed by atoms with E-state index in [1.165, 1.54) is 12.8 Å². The van der Waals surface area contributed by atoms with Gasteiger partial charge in [0.1, 0.15) is 0 Å².